The van der Waals surface area contributed by atoms with Gasteiger partial charge >= 0.3 is 0 Å². The molecule has 1 amide bonds. The third-order valence-corrected chi connectivity index (χ3v) is 5.10. The van der Waals surface area contributed by atoms with E-state index < -0.39 is 0 Å². The van der Waals surface area contributed by atoms with Crippen molar-refractivity contribution >= 4 is 5.91 Å². The maximum Gasteiger partial charge on any atom is 0.233 e. The molecule has 5 nitrogen and oxygen atoms in total. The number of likely N-dealkylation sites (N-methyl/N-ethyl adjacent to an activating group) is 1. The Hall–Kier alpha value is -0.650. The zero-order valence-electron chi connectivity index (χ0n) is 13.9. The van der Waals surface area contributed by atoms with Gasteiger partial charge in [0, 0.05) is 38.8 Å². The lowest BCUT2D eigenvalue weighted by molar-refractivity contribution is -0.122. The van der Waals surface area contributed by atoms with Crippen LogP contribution in [0.4, 0.5) is 0 Å². The van der Waals surface area contributed by atoms with Crippen molar-refractivity contribution < 1.29 is 4.79 Å². The van der Waals surface area contributed by atoms with Gasteiger partial charge in [-0.3, -0.25) is 9.69 Å². The highest BCUT2D eigenvalue weighted by atomic mass is 16.1. The fraction of sp³-hybridized carbons (Fsp3) is 0.938. The molecule has 0 aromatic rings. The summed E-state index contributed by atoms with van der Waals surface area (Å²) in [5.74, 6) is 0.910. The highest BCUT2D eigenvalue weighted by molar-refractivity contribution is 5.77. The third kappa shape index (κ3) is 5.24. The first kappa shape index (κ1) is 16.7. The Balaban J connectivity index is 1.69. The Morgan fingerprint density at radius 1 is 1.24 bits per heavy atom. The van der Waals surface area contributed by atoms with Crippen molar-refractivity contribution in [1.82, 2.24) is 20.4 Å². The quantitative estimate of drug-likeness (QED) is 0.776. The summed E-state index contributed by atoms with van der Waals surface area (Å²) in [4.78, 5) is 16.1. The first-order valence-electron chi connectivity index (χ1n) is 8.46. The van der Waals surface area contributed by atoms with Crippen molar-refractivity contribution in [2.75, 3.05) is 46.8 Å². The van der Waals surface area contributed by atoms with Crippen molar-refractivity contribution in [2.45, 2.75) is 44.7 Å². The number of nitrogens with zero attached hydrogens (tertiary/aromatic N) is 2. The van der Waals surface area contributed by atoms with Gasteiger partial charge in [0.1, 0.15) is 0 Å². The van der Waals surface area contributed by atoms with Crippen LogP contribution in [0.15, 0.2) is 0 Å². The van der Waals surface area contributed by atoms with E-state index in [1.165, 1.54) is 25.9 Å². The Labute approximate surface area is 129 Å². The molecule has 0 aliphatic carbocycles. The summed E-state index contributed by atoms with van der Waals surface area (Å²) in [7, 11) is 3.94. The number of hydrogen-bond donors (Lipinski definition) is 2. The number of nitrogens with one attached hydrogen (secondary N) is 2. The van der Waals surface area contributed by atoms with Crippen LogP contribution in [0.2, 0.25) is 0 Å². The number of hydrogen-bond acceptors (Lipinski definition) is 4. The Kier molecular flexibility index (Phi) is 6.45. The second kappa shape index (κ2) is 8.11. The maximum absolute atomic E-state index is 11.4. The smallest absolute Gasteiger partial charge is 0.233 e. The highest BCUT2D eigenvalue weighted by Crippen LogP contribution is 2.20. The first-order valence-corrected chi connectivity index (χ1v) is 8.46. The number of carbonyl (C=O) groups excluding carboxylic acids is 1. The van der Waals surface area contributed by atoms with Crippen LogP contribution in [-0.4, -0.2) is 74.6 Å². The van der Waals surface area contributed by atoms with Crippen LogP contribution in [0.3, 0.4) is 0 Å². The number of carbonyl (C=O) groups is 1. The average molecular weight is 296 g/mol. The first-order chi connectivity index (χ1) is 10.1. The predicted octanol–water partition coefficient (Wildman–Crippen LogP) is 0.517. The van der Waals surface area contributed by atoms with Gasteiger partial charge in [-0.05, 0) is 52.1 Å². The topological polar surface area (TPSA) is 47.6 Å². The van der Waals surface area contributed by atoms with Crippen LogP contribution in [0.1, 0.15) is 32.6 Å². The molecule has 2 rings (SSSR count). The molecule has 5 heteroatoms. The van der Waals surface area contributed by atoms with Gasteiger partial charge in [0.15, 0.2) is 0 Å². The molecule has 2 aliphatic rings. The van der Waals surface area contributed by atoms with Crippen molar-refractivity contribution in [2.24, 2.45) is 5.92 Å². The summed E-state index contributed by atoms with van der Waals surface area (Å²) >= 11 is 0. The number of piperidine rings is 2. The van der Waals surface area contributed by atoms with E-state index in [-0.39, 0.29) is 5.91 Å². The van der Waals surface area contributed by atoms with E-state index >= 15 is 0 Å². The molecular formula is C16H32N4O. The van der Waals surface area contributed by atoms with E-state index in [1.807, 2.05) is 0 Å². The van der Waals surface area contributed by atoms with Gasteiger partial charge in [-0.15, -0.1) is 0 Å². The SMILES string of the molecule is CNC(=O)CN1CCC(NC(C)C2CCCN(C)C2)CC1. The zero-order valence-corrected chi connectivity index (χ0v) is 13.9. The molecule has 0 aromatic heterocycles. The molecule has 2 fully saturated rings. The van der Waals surface area contributed by atoms with Crippen LogP contribution in [-0.2, 0) is 4.79 Å². The fourth-order valence-corrected chi connectivity index (χ4v) is 3.66. The minimum absolute atomic E-state index is 0.125. The summed E-state index contributed by atoms with van der Waals surface area (Å²) in [5, 5.41) is 6.55. The van der Waals surface area contributed by atoms with Gasteiger partial charge in [0.05, 0.1) is 6.54 Å². The minimum atomic E-state index is 0.125. The van der Waals surface area contributed by atoms with Crippen molar-refractivity contribution in [3.8, 4) is 0 Å². The van der Waals surface area contributed by atoms with Crippen LogP contribution in [0.5, 0.6) is 0 Å². The van der Waals surface area contributed by atoms with E-state index in [9.17, 15) is 4.79 Å². The molecule has 2 N–H and O–H groups in total. The second-order valence-corrected chi connectivity index (χ2v) is 6.84. The van der Waals surface area contributed by atoms with Gasteiger partial charge < -0.3 is 15.5 Å². The van der Waals surface area contributed by atoms with Crippen molar-refractivity contribution in [3.05, 3.63) is 0 Å². The van der Waals surface area contributed by atoms with Gasteiger partial charge in [-0.1, -0.05) is 0 Å². The molecule has 0 spiro atoms. The van der Waals surface area contributed by atoms with E-state index in [2.05, 4.69) is 34.4 Å². The van der Waals surface area contributed by atoms with Crippen molar-refractivity contribution in [1.29, 1.82) is 0 Å². The summed E-state index contributed by atoms with van der Waals surface area (Å²) in [6.45, 7) is 7.43. The molecule has 2 heterocycles. The third-order valence-electron chi connectivity index (χ3n) is 5.10. The largest absolute Gasteiger partial charge is 0.358 e. The number of likely N-dealkylation sites (tertiary alicyclic amines) is 2. The molecule has 0 bridgehead atoms. The second-order valence-electron chi connectivity index (χ2n) is 6.84. The lowest BCUT2D eigenvalue weighted by Crippen LogP contribution is -2.51. The van der Waals surface area contributed by atoms with Crippen molar-refractivity contribution in [3.63, 3.8) is 0 Å². The summed E-state index contributed by atoms with van der Waals surface area (Å²) in [6, 6.07) is 1.22. The van der Waals surface area contributed by atoms with E-state index in [0.29, 0.717) is 18.6 Å². The highest BCUT2D eigenvalue weighted by Gasteiger charge is 2.26. The van der Waals surface area contributed by atoms with E-state index in [1.54, 1.807) is 7.05 Å². The Bertz CT molecular complexity index is 328. The minimum Gasteiger partial charge on any atom is -0.358 e. The van der Waals surface area contributed by atoms with Crippen LogP contribution in [0.25, 0.3) is 0 Å². The standard InChI is InChI=1S/C16H32N4O/c1-13(14-5-4-8-19(3)11-14)18-15-6-9-20(10-7-15)12-16(21)17-2/h13-15,18H,4-12H2,1-3H3,(H,17,21). The molecule has 0 aromatic carbocycles. The molecule has 21 heavy (non-hydrogen) atoms. The lowest BCUT2D eigenvalue weighted by Gasteiger charge is -2.38. The fourth-order valence-electron chi connectivity index (χ4n) is 3.66. The molecule has 2 aliphatic heterocycles. The maximum atomic E-state index is 11.4. The predicted molar refractivity (Wildman–Crippen MR) is 86.3 cm³/mol. The normalized spacial score (nSPS) is 27.5. The van der Waals surface area contributed by atoms with Gasteiger partial charge in [-0.2, -0.15) is 0 Å². The lowest BCUT2D eigenvalue weighted by atomic mass is 9.90. The number of amides is 1. The molecule has 122 valence electrons. The molecule has 2 unspecified atom stereocenters. The van der Waals surface area contributed by atoms with Crippen LogP contribution in [0, 0.1) is 5.92 Å². The molecule has 0 radical (unpaired) electrons. The van der Waals surface area contributed by atoms with E-state index in [4.69, 9.17) is 0 Å². The van der Waals surface area contributed by atoms with Crippen LogP contribution < -0.4 is 10.6 Å². The van der Waals surface area contributed by atoms with Crippen LogP contribution >= 0.6 is 0 Å². The van der Waals surface area contributed by atoms with E-state index in [0.717, 1.165) is 31.8 Å². The Morgan fingerprint density at radius 2 is 1.95 bits per heavy atom. The van der Waals surface area contributed by atoms with Gasteiger partial charge in [0.25, 0.3) is 0 Å². The molecule has 0 saturated carbocycles. The molecule has 2 saturated heterocycles. The summed E-state index contributed by atoms with van der Waals surface area (Å²) in [6.07, 6.45) is 5.00. The molecule has 2 atom stereocenters. The monoisotopic (exact) mass is 296 g/mol. The average Bonchev–Trinajstić information content (AvgIpc) is 2.49. The molecular weight excluding hydrogens is 264 g/mol. The van der Waals surface area contributed by atoms with Gasteiger partial charge in [0.2, 0.25) is 5.91 Å². The summed E-state index contributed by atoms with van der Waals surface area (Å²) in [5.41, 5.74) is 0. The zero-order chi connectivity index (χ0) is 15.2. The van der Waals surface area contributed by atoms with Gasteiger partial charge in [-0.25, -0.2) is 0 Å². The number of rotatable bonds is 5. The Morgan fingerprint density at radius 3 is 2.57 bits per heavy atom. The summed E-state index contributed by atoms with van der Waals surface area (Å²) < 4.78 is 0.